The minimum absolute atomic E-state index is 0.201. The molecular weight excluding hydrogens is 330 g/mol. The van der Waals surface area contributed by atoms with Gasteiger partial charge in [-0.25, -0.2) is 0 Å². The molecule has 19 heavy (non-hydrogen) atoms. The summed E-state index contributed by atoms with van der Waals surface area (Å²) >= 11 is 4.88. The molecule has 0 radical (unpaired) electrons. The zero-order valence-corrected chi connectivity index (χ0v) is 12.3. The summed E-state index contributed by atoms with van der Waals surface area (Å²) in [6, 6.07) is 3.63. The molecule has 1 aliphatic rings. The fourth-order valence-electron chi connectivity index (χ4n) is 1.80. The molecule has 6 heteroatoms. The highest BCUT2D eigenvalue weighted by Gasteiger charge is 2.24. The number of carboxylic acid groups (broad SMARTS) is 1. The summed E-state index contributed by atoms with van der Waals surface area (Å²) in [5, 5.41) is 11.6. The van der Waals surface area contributed by atoms with Crippen molar-refractivity contribution in [1.29, 1.82) is 0 Å². The van der Waals surface area contributed by atoms with Crippen molar-refractivity contribution >= 4 is 45.2 Å². The van der Waals surface area contributed by atoms with E-state index in [1.165, 1.54) is 17.4 Å². The van der Waals surface area contributed by atoms with Crippen LogP contribution >= 0.6 is 27.3 Å². The first-order chi connectivity index (χ1) is 9.04. The average molecular weight is 342 g/mol. The Morgan fingerprint density at radius 1 is 1.42 bits per heavy atom. The van der Waals surface area contributed by atoms with Crippen LogP contribution in [-0.2, 0) is 9.59 Å². The molecule has 2 unspecified atom stereocenters. The Morgan fingerprint density at radius 3 is 2.79 bits per heavy atom. The Kier molecular flexibility index (Phi) is 4.55. The summed E-state index contributed by atoms with van der Waals surface area (Å²) in [5.74, 6) is -1.57. The molecule has 0 aliphatic heterocycles. The lowest BCUT2D eigenvalue weighted by molar-refractivity contribution is -0.140. The van der Waals surface area contributed by atoms with Gasteiger partial charge in [0, 0.05) is 17.0 Å². The zero-order valence-electron chi connectivity index (χ0n) is 9.88. The summed E-state index contributed by atoms with van der Waals surface area (Å²) in [5.41, 5.74) is 0. The number of thiophene rings is 1. The lowest BCUT2D eigenvalue weighted by atomic mass is 10.1. The van der Waals surface area contributed by atoms with Crippen LogP contribution in [0.25, 0.3) is 6.08 Å². The van der Waals surface area contributed by atoms with Crippen LogP contribution in [-0.4, -0.2) is 23.0 Å². The van der Waals surface area contributed by atoms with Gasteiger partial charge in [-0.05, 0) is 40.6 Å². The molecule has 0 saturated heterocycles. The van der Waals surface area contributed by atoms with Gasteiger partial charge in [-0.1, -0.05) is 12.2 Å². The van der Waals surface area contributed by atoms with Crippen molar-refractivity contribution in [3.63, 3.8) is 0 Å². The van der Waals surface area contributed by atoms with E-state index < -0.39 is 11.9 Å². The third kappa shape index (κ3) is 4.04. The van der Waals surface area contributed by atoms with Crippen molar-refractivity contribution in [3.8, 4) is 0 Å². The second kappa shape index (κ2) is 6.16. The molecule has 4 nitrogen and oxygen atoms in total. The zero-order chi connectivity index (χ0) is 13.8. The number of amides is 1. The molecular formula is C13H12BrNO3S. The third-order valence-corrected chi connectivity index (χ3v) is 4.31. The summed E-state index contributed by atoms with van der Waals surface area (Å²) < 4.78 is 1.01. The van der Waals surface area contributed by atoms with Crippen molar-refractivity contribution in [2.75, 3.05) is 0 Å². The monoisotopic (exact) mass is 341 g/mol. The molecule has 2 atom stereocenters. The largest absolute Gasteiger partial charge is 0.481 e. The van der Waals surface area contributed by atoms with Gasteiger partial charge in [0.2, 0.25) is 5.91 Å². The van der Waals surface area contributed by atoms with Gasteiger partial charge < -0.3 is 10.4 Å². The number of carbonyl (C=O) groups excluding carboxylic acids is 1. The molecule has 1 amide bonds. The predicted molar refractivity (Wildman–Crippen MR) is 77.9 cm³/mol. The van der Waals surface area contributed by atoms with Gasteiger partial charge in [0.05, 0.1) is 9.70 Å². The number of carboxylic acids is 1. The lowest BCUT2D eigenvalue weighted by Crippen LogP contribution is -2.31. The quantitative estimate of drug-likeness (QED) is 0.653. The van der Waals surface area contributed by atoms with E-state index in [0.29, 0.717) is 6.42 Å². The molecule has 0 aromatic carbocycles. The second-order valence-electron chi connectivity index (χ2n) is 4.16. The Labute approximate surface area is 123 Å². The Morgan fingerprint density at radius 2 is 2.21 bits per heavy atom. The van der Waals surface area contributed by atoms with Crippen molar-refractivity contribution in [2.24, 2.45) is 5.92 Å². The standard InChI is InChI=1S/C13H12BrNO3S/c14-11-5-3-10(19-11)4-6-12(16)15-9-2-1-8(7-9)13(17)18/h1-6,8-9H,7H2,(H,15,16)(H,17,18). The van der Waals surface area contributed by atoms with Crippen molar-refractivity contribution in [1.82, 2.24) is 5.32 Å². The van der Waals surface area contributed by atoms with Gasteiger partial charge >= 0.3 is 5.97 Å². The smallest absolute Gasteiger partial charge is 0.310 e. The molecule has 0 fully saturated rings. The molecule has 100 valence electrons. The van der Waals surface area contributed by atoms with E-state index in [2.05, 4.69) is 21.2 Å². The number of nitrogens with one attached hydrogen (secondary N) is 1. The summed E-state index contributed by atoms with van der Waals surface area (Å²) in [4.78, 5) is 23.4. The Balaban J connectivity index is 1.84. The van der Waals surface area contributed by atoms with Crippen molar-refractivity contribution < 1.29 is 14.7 Å². The second-order valence-corrected chi connectivity index (χ2v) is 6.65. The van der Waals surface area contributed by atoms with Gasteiger partial charge in [0.15, 0.2) is 0 Å². The lowest BCUT2D eigenvalue weighted by Gasteiger charge is -2.09. The number of hydrogen-bond acceptors (Lipinski definition) is 3. The molecule has 2 rings (SSSR count). The fourth-order valence-corrected chi connectivity index (χ4v) is 3.12. The van der Waals surface area contributed by atoms with E-state index in [-0.39, 0.29) is 11.9 Å². The topological polar surface area (TPSA) is 66.4 Å². The van der Waals surface area contributed by atoms with Crippen LogP contribution in [0.3, 0.4) is 0 Å². The van der Waals surface area contributed by atoms with Crippen LogP contribution in [0.4, 0.5) is 0 Å². The Bertz CT molecular complexity index is 550. The first kappa shape index (κ1) is 14.0. The van der Waals surface area contributed by atoms with E-state index >= 15 is 0 Å². The van der Waals surface area contributed by atoms with Crippen LogP contribution in [0.1, 0.15) is 11.3 Å². The minimum atomic E-state index is -0.855. The summed E-state index contributed by atoms with van der Waals surface area (Å²) in [6.45, 7) is 0. The van der Waals surface area contributed by atoms with Crippen LogP contribution < -0.4 is 5.32 Å². The maximum atomic E-state index is 11.7. The number of aliphatic carboxylic acids is 1. The van der Waals surface area contributed by atoms with Gasteiger partial charge in [-0.2, -0.15) is 0 Å². The Hall–Kier alpha value is -1.40. The highest BCUT2D eigenvalue weighted by molar-refractivity contribution is 9.11. The molecule has 0 spiro atoms. The maximum absolute atomic E-state index is 11.7. The number of carbonyl (C=O) groups is 2. The molecule has 1 heterocycles. The van der Waals surface area contributed by atoms with Crippen molar-refractivity contribution in [3.05, 3.63) is 39.0 Å². The highest BCUT2D eigenvalue weighted by Crippen LogP contribution is 2.23. The summed E-state index contributed by atoms with van der Waals surface area (Å²) in [6.07, 6.45) is 6.96. The van der Waals surface area contributed by atoms with E-state index in [1.807, 2.05) is 12.1 Å². The summed E-state index contributed by atoms with van der Waals surface area (Å²) in [7, 11) is 0. The number of hydrogen-bond donors (Lipinski definition) is 2. The van der Waals surface area contributed by atoms with E-state index in [4.69, 9.17) is 5.11 Å². The van der Waals surface area contributed by atoms with E-state index in [1.54, 1.807) is 18.2 Å². The fraction of sp³-hybridized carbons (Fsp3) is 0.231. The minimum Gasteiger partial charge on any atom is -0.481 e. The van der Waals surface area contributed by atoms with Crippen molar-refractivity contribution in [2.45, 2.75) is 12.5 Å². The van der Waals surface area contributed by atoms with E-state index in [0.717, 1.165) is 8.66 Å². The van der Waals surface area contributed by atoms with Gasteiger partial charge in [0.1, 0.15) is 0 Å². The molecule has 0 saturated carbocycles. The first-order valence-electron chi connectivity index (χ1n) is 5.69. The first-order valence-corrected chi connectivity index (χ1v) is 7.30. The number of rotatable bonds is 4. The van der Waals surface area contributed by atoms with Gasteiger partial charge in [-0.3, -0.25) is 9.59 Å². The van der Waals surface area contributed by atoms with Crippen LogP contribution in [0.15, 0.2) is 34.1 Å². The van der Waals surface area contributed by atoms with E-state index in [9.17, 15) is 9.59 Å². The molecule has 1 aromatic heterocycles. The number of halogens is 1. The molecule has 1 aromatic rings. The predicted octanol–water partition coefficient (Wildman–Crippen LogP) is 2.67. The van der Waals surface area contributed by atoms with Gasteiger partial charge in [0.25, 0.3) is 0 Å². The average Bonchev–Trinajstić information content (AvgIpc) is 2.96. The normalized spacial score (nSPS) is 21.9. The SMILES string of the molecule is O=C(C=Cc1ccc(Br)s1)NC1C=CC(C(=O)O)C1. The molecule has 2 N–H and O–H groups in total. The van der Waals surface area contributed by atoms with Crippen LogP contribution in [0.5, 0.6) is 0 Å². The molecule has 1 aliphatic carbocycles. The highest BCUT2D eigenvalue weighted by atomic mass is 79.9. The third-order valence-electron chi connectivity index (χ3n) is 2.72. The van der Waals surface area contributed by atoms with Crippen LogP contribution in [0.2, 0.25) is 0 Å². The molecule has 0 bridgehead atoms. The van der Waals surface area contributed by atoms with Crippen LogP contribution in [0, 0.1) is 5.92 Å². The maximum Gasteiger partial charge on any atom is 0.310 e. The van der Waals surface area contributed by atoms with Gasteiger partial charge in [-0.15, -0.1) is 11.3 Å².